The van der Waals surface area contributed by atoms with Crippen LogP contribution < -0.4 is 24.8 Å². The zero-order valence-electron chi connectivity index (χ0n) is 20.5. The van der Waals surface area contributed by atoms with Crippen molar-refractivity contribution in [2.45, 2.75) is 38.8 Å². The Kier molecular flexibility index (Phi) is 10.8. The van der Waals surface area contributed by atoms with Crippen LogP contribution in [0, 0.1) is 0 Å². The van der Waals surface area contributed by atoms with Crippen molar-refractivity contribution in [1.29, 1.82) is 0 Å². The van der Waals surface area contributed by atoms with Crippen molar-refractivity contribution < 1.29 is 33.8 Å². The number of hydrogen-bond donors (Lipinski definition) is 3. The summed E-state index contributed by atoms with van der Waals surface area (Å²) < 4.78 is 16.6. The highest BCUT2D eigenvalue weighted by molar-refractivity contribution is 5.86. The van der Waals surface area contributed by atoms with Crippen molar-refractivity contribution in [2.75, 3.05) is 27.9 Å². The fourth-order valence-electron chi connectivity index (χ4n) is 3.45. The molecule has 35 heavy (non-hydrogen) atoms. The molecule has 2 aromatic carbocycles. The van der Waals surface area contributed by atoms with Gasteiger partial charge in [0.15, 0.2) is 0 Å². The van der Waals surface area contributed by atoms with E-state index < -0.39 is 11.9 Å². The van der Waals surface area contributed by atoms with Gasteiger partial charge in [0.05, 0.1) is 32.9 Å². The van der Waals surface area contributed by atoms with Crippen molar-refractivity contribution in [3.05, 3.63) is 53.6 Å². The first-order valence-electron chi connectivity index (χ1n) is 11.2. The minimum atomic E-state index is -0.959. The fraction of sp³-hybridized carbons (Fsp3) is 0.400. The Labute approximate surface area is 205 Å². The van der Waals surface area contributed by atoms with Crippen LogP contribution in [0.15, 0.2) is 42.5 Å². The second-order valence-corrected chi connectivity index (χ2v) is 7.77. The standard InChI is InChI=1S/C25H33N3O7/c1-17(29)27-21(13-18-9-6-5-7-10-18)25(31)28(32)16-20-22(33-3)14-19(15-23(20)34-4)35-12-8-11-24(30)26-2/h5-7,9-10,14-15,21,32H,8,11-13,16H2,1-4H3,(H,26,30)(H,27,29)/t21-/m0/s1. The zero-order valence-corrected chi connectivity index (χ0v) is 20.5. The van der Waals surface area contributed by atoms with Crippen molar-refractivity contribution in [3.8, 4) is 17.2 Å². The van der Waals surface area contributed by atoms with Crippen LogP contribution in [0.25, 0.3) is 0 Å². The topological polar surface area (TPSA) is 126 Å². The number of nitrogens with zero attached hydrogens (tertiary/aromatic N) is 1. The van der Waals surface area contributed by atoms with Gasteiger partial charge in [-0.3, -0.25) is 19.6 Å². The maximum absolute atomic E-state index is 13.0. The number of amides is 3. The molecule has 3 amide bonds. The first kappa shape index (κ1) is 27.5. The average Bonchev–Trinajstić information content (AvgIpc) is 2.86. The van der Waals surface area contributed by atoms with Crippen LogP contribution in [-0.4, -0.2) is 61.9 Å². The summed E-state index contributed by atoms with van der Waals surface area (Å²) >= 11 is 0. The van der Waals surface area contributed by atoms with Gasteiger partial charge >= 0.3 is 0 Å². The Morgan fingerprint density at radius 1 is 1.06 bits per heavy atom. The average molecular weight is 488 g/mol. The molecule has 0 fully saturated rings. The third-order valence-corrected chi connectivity index (χ3v) is 5.20. The Balaban J connectivity index is 2.16. The molecule has 3 N–H and O–H groups in total. The Hall–Kier alpha value is -3.79. The van der Waals surface area contributed by atoms with Crippen molar-refractivity contribution in [1.82, 2.24) is 15.7 Å². The predicted molar refractivity (Wildman–Crippen MR) is 128 cm³/mol. The first-order chi connectivity index (χ1) is 16.8. The molecular weight excluding hydrogens is 454 g/mol. The maximum Gasteiger partial charge on any atom is 0.269 e. The van der Waals surface area contributed by atoms with Gasteiger partial charge in [0.1, 0.15) is 23.3 Å². The zero-order chi connectivity index (χ0) is 25.8. The van der Waals surface area contributed by atoms with E-state index in [9.17, 15) is 19.6 Å². The minimum absolute atomic E-state index is 0.0726. The lowest BCUT2D eigenvalue weighted by Gasteiger charge is -2.24. The molecule has 0 aliphatic carbocycles. The SMILES string of the molecule is CNC(=O)CCCOc1cc(OC)c(CN(O)C(=O)[C@H](Cc2ccccc2)NC(C)=O)c(OC)c1. The Morgan fingerprint density at radius 2 is 1.69 bits per heavy atom. The van der Waals surface area contributed by atoms with E-state index in [4.69, 9.17) is 14.2 Å². The minimum Gasteiger partial charge on any atom is -0.496 e. The van der Waals surface area contributed by atoms with E-state index in [2.05, 4.69) is 10.6 Å². The first-order valence-corrected chi connectivity index (χ1v) is 11.2. The molecule has 0 aromatic heterocycles. The van der Waals surface area contributed by atoms with E-state index in [0.29, 0.717) is 47.3 Å². The summed E-state index contributed by atoms with van der Waals surface area (Å²) in [7, 11) is 4.48. The number of rotatable bonds is 13. The summed E-state index contributed by atoms with van der Waals surface area (Å²) in [6, 6.07) is 11.5. The van der Waals surface area contributed by atoms with E-state index in [-0.39, 0.29) is 24.8 Å². The third-order valence-electron chi connectivity index (χ3n) is 5.20. The van der Waals surface area contributed by atoms with Crippen LogP contribution in [0.2, 0.25) is 0 Å². The largest absolute Gasteiger partial charge is 0.496 e. The van der Waals surface area contributed by atoms with Gasteiger partial charge in [0.25, 0.3) is 5.91 Å². The maximum atomic E-state index is 13.0. The molecule has 1 atom stereocenters. The smallest absolute Gasteiger partial charge is 0.269 e. The van der Waals surface area contributed by atoms with Crippen LogP contribution in [0.5, 0.6) is 17.2 Å². The van der Waals surface area contributed by atoms with Crippen LogP contribution in [0.3, 0.4) is 0 Å². The summed E-state index contributed by atoms with van der Waals surface area (Å²) in [4.78, 5) is 36.1. The Morgan fingerprint density at radius 3 is 2.23 bits per heavy atom. The van der Waals surface area contributed by atoms with Gasteiger partial charge < -0.3 is 24.8 Å². The highest BCUT2D eigenvalue weighted by Crippen LogP contribution is 2.35. The van der Waals surface area contributed by atoms with E-state index in [1.165, 1.54) is 21.1 Å². The van der Waals surface area contributed by atoms with Gasteiger partial charge in [0.2, 0.25) is 11.8 Å². The molecule has 0 radical (unpaired) electrons. The van der Waals surface area contributed by atoms with E-state index >= 15 is 0 Å². The number of methoxy groups -OCH3 is 2. The van der Waals surface area contributed by atoms with E-state index in [1.54, 1.807) is 19.2 Å². The van der Waals surface area contributed by atoms with Crippen molar-refractivity contribution >= 4 is 17.7 Å². The number of carbonyl (C=O) groups is 3. The fourth-order valence-corrected chi connectivity index (χ4v) is 3.45. The second kappa shape index (κ2) is 13.8. The lowest BCUT2D eigenvalue weighted by molar-refractivity contribution is -0.171. The lowest BCUT2D eigenvalue weighted by atomic mass is 10.0. The molecule has 0 saturated carbocycles. The van der Waals surface area contributed by atoms with Crippen LogP contribution >= 0.6 is 0 Å². The second-order valence-electron chi connectivity index (χ2n) is 7.77. The normalized spacial score (nSPS) is 11.2. The molecule has 0 heterocycles. The molecule has 0 aliphatic heterocycles. The summed E-state index contributed by atoms with van der Waals surface area (Å²) in [6.07, 6.45) is 1.08. The predicted octanol–water partition coefficient (Wildman–Crippen LogP) is 2.07. The third kappa shape index (κ3) is 8.49. The number of ether oxygens (including phenoxy) is 3. The number of carbonyl (C=O) groups excluding carboxylic acids is 3. The molecule has 0 saturated heterocycles. The summed E-state index contributed by atoms with van der Waals surface area (Å²) in [5, 5.41) is 16.3. The van der Waals surface area contributed by atoms with E-state index in [1.807, 2.05) is 30.3 Å². The number of nitrogens with one attached hydrogen (secondary N) is 2. The molecular formula is C25H33N3O7. The van der Waals surface area contributed by atoms with Crippen LogP contribution in [0.4, 0.5) is 0 Å². The molecule has 0 spiro atoms. The highest BCUT2D eigenvalue weighted by Gasteiger charge is 2.27. The molecule has 2 aromatic rings. The lowest BCUT2D eigenvalue weighted by Crippen LogP contribution is -2.48. The monoisotopic (exact) mass is 487 g/mol. The number of hydrogen-bond acceptors (Lipinski definition) is 7. The molecule has 0 aliphatic rings. The van der Waals surface area contributed by atoms with Crippen LogP contribution in [0.1, 0.15) is 30.9 Å². The number of hydroxylamine groups is 2. The van der Waals surface area contributed by atoms with Gasteiger partial charge in [-0.25, -0.2) is 5.06 Å². The Bertz CT molecular complexity index is 973. The highest BCUT2D eigenvalue weighted by atomic mass is 16.5. The van der Waals surface area contributed by atoms with Gasteiger partial charge in [-0.05, 0) is 12.0 Å². The van der Waals surface area contributed by atoms with Gasteiger partial charge in [-0.1, -0.05) is 30.3 Å². The molecule has 190 valence electrons. The van der Waals surface area contributed by atoms with Crippen molar-refractivity contribution in [3.63, 3.8) is 0 Å². The molecule has 0 bridgehead atoms. The quantitative estimate of drug-likeness (QED) is 0.224. The molecule has 0 unspecified atom stereocenters. The molecule has 10 heteroatoms. The summed E-state index contributed by atoms with van der Waals surface area (Å²) in [6.45, 7) is 1.38. The van der Waals surface area contributed by atoms with Crippen molar-refractivity contribution in [2.24, 2.45) is 0 Å². The van der Waals surface area contributed by atoms with Gasteiger partial charge in [-0.15, -0.1) is 0 Å². The van der Waals surface area contributed by atoms with Gasteiger partial charge in [0, 0.05) is 38.9 Å². The summed E-state index contributed by atoms with van der Waals surface area (Å²) in [5.74, 6) is 0.00346. The molecule has 2 rings (SSSR count). The van der Waals surface area contributed by atoms with Crippen LogP contribution in [-0.2, 0) is 27.3 Å². The summed E-state index contributed by atoms with van der Waals surface area (Å²) in [5.41, 5.74) is 1.26. The van der Waals surface area contributed by atoms with Gasteiger partial charge in [-0.2, -0.15) is 0 Å². The van der Waals surface area contributed by atoms with E-state index in [0.717, 1.165) is 5.56 Å². The number of benzene rings is 2. The molecule has 10 nitrogen and oxygen atoms in total.